The smallest absolute Gasteiger partial charge is 0.306 e. The Kier molecular flexibility index (Phi) is 4.38. The highest BCUT2D eigenvalue weighted by molar-refractivity contribution is 7.14. The second-order valence-corrected chi connectivity index (χ2v) is 6.41. The molecule has 1 heterocycles. The van der Waals surface area contributed by atoms with Gasteiger partial charge in [0.25, 0.3) is 0 Å². The third-order valence-electron chi connectivity index (χ3n) is 4.06. The molecule has 0 atom stereocenters. The van der Waals surface area contributed by atoms with Gasteiger partial charge in [0.05, 0.1) is 11.6 Å². The van der Waals surface area contributed by atoms with Crippen LogP contribution in [0.5, 0.6) is 0 Å². The van der Waals surface area contributed by atoms with E-state index in [1.54, 1.807) is 18.2 Å². The number of hydrogen-bond acceptors (Lipinski definition) is 4. The maximum atomic E-state index is 13.8. The molecule has 0 radical (unpaired) electrons. The zero-order valence-corrected chi connectivity index (χ0v) is 12.8. The second-order valence-electron chi connectivity index (χ2n) is 5.55. The Balaban J connectivity index is 1.63. The highest BCUT2D eigenvalue weighted by Gasteiger charge is 2.26. The Hall–Kier alpha value is -1.95. The summed E-state index contributed by atoms with van der Waals surface area (Å²) in [5.74, 6) is -1.20. The molecule has 4 nitrogen and oxygen atoms in total. The van der Waals surface area contributed by atoms with Gasteiger partial charge in [-0.15, -0.1) is 11.3 Å². The molecule has 0 amide bonds. The Morgan fingerprint density at radius 1 is 1.27 bits per heavy atom. The van der Waals surface area contributed by atoms with Gasteiger partial charge < -0.3 is 10.4 Å². The molecular formula is C16H17FN2O2S. The lowest BCUT2D eigenvalue weighted by atomic mass is 9.86. The Bertz CT molecular complexity index is 666. The average molecular weight is 320 g/mol. The van der Waals surface area contributed by atoms with E-state index in [1.165, 1.54) is 17.4 Å². The fourth-order valence-electron chi connectivity index (χ4n) is 2.79. The molecule has 0 bridgehead atoms. The average Bonchev–Trinajstić information content (AvgIpc) is 2.96. The molecule has 6 heteroatoms. The summed E-state index contributed by atoms with van der Waals surface area (Å²) in [4.78, 5) is 15.4. The van der Waals surface area contributed by atoms with Crippen molar-refractivity contribution in [3.8, 4) is 11.3 Å². The number of thiazole rings is 1. The monoisotopic (exact) mass is 320 g/mol. The predicted octanol–water partition coefficient (Wildman–Crippen LogP) is 4.00. The number of carboxylic acid groups (broad SMARTS) is 1. The van der Waals surface area contributed by atoms with Gasteiger partial charge in [-0.05, 0) is 37.8 Å². The first kappa shape index (κ1) is 15.0. The third kappa shape index (κ3) is 3.27. The van der Waals surface area contributed by atoms with Gasteiger partial charge in [0.1, 0.15) is 5.82 Å². The van der Waals surface area contributed by atoms with E-state index in [-0.39, 0.29) is 17.8 Å². The van der Waals surface area contributed by atoms with Crippen LogP contribution in [0.3, 0.4) is 0 Å². The maximum absolute atomic E-state index is 13.8. The Morgan fingerprint density at radius 3 is 2.68 bits per heavy atom. The molecule has 3 rings (SSSR count). The predicted molar refractivity (Wildman–Crippen MR) is 84.5 cm³/mol. The molecule has 0 aliphatic heterocycles. The molecule has 1 aromatic heterocycles. The molecular weight excluding hydrogens is 303 g/mol. The number of carbonyl (C=O) groups is 1. The van der Waals surface area contributed by atoms with Crippen molar-refractivity contribution in [2.75, 3.05) is 5.32 Å². The van der Waals surface area contributed by atoms with Gasteiger partial charge in [0.15, 0.2) is 5.13 Å². The molecule has 1 aliphatic carbocycles. The highest BCUT2D eigenvalue weighted by atomic mass is 32.1. The lowest BCUT2D eigenvalue weighted by Gasteiger charge is -2.26. The van der Waals surface area contributed by atoms with Crippen molar-refractivity contribution >= 4 is 22.4 Å². The minimum Gasteiger partial charge on any atom is -0.481 e. The fourth-order valence-corrected chi connectivity index (χ4v) is 3.58. The molecule has 1 aromatic carbocycles. The molecule has 0 unspecified atom stereocenters. The molecule has 22 heavy (non-hydrogen) atoms. The zero-order valence-electron chi connectivity index (χ0n) is 12.0. The number of carboxylic acids is 1. The Morgan fingerprint density at radius 2 is 2.00 bits per heavy atom. The first-order chi connectivity index (χ1) is 10.6. The number of nitrogens with zero attached hydrogens (tertiary/aromatic N) is 1. The first-order valence-electron chi connectivity index (χ1n) is 7.33. The van der Waals surface area contributed by atoms with Crippen LogP contribution in [-0.4, -0.2) is 22.1 Å². The lowest BCUT2D eigenvalue weighted by Crippen LogP contribution is -2.29. The maximum Gasteiger partial charge on any atom is 0.306 e. The van der Waals surface area contributed by atoms with Crippen LogP contribution in [0.1, 0.15) is 25.7 Å². The summed E-state index contributed by atoms with van der Waals surface area (Å²) >= 11 is 1.45. The van der Waals surface area contributed by atoms with Gasteiger partial charge in [0.2, 0.25) is 0 Å². The normalized spacial score (nSPS) is 21.5. The van der Waals surface area contributed by atoms with Crippen LogP contribution >= 0.6 is 11.3 Å². The van der Waals surface area contributed by atoms with Gasteiger partial charge in [-0.25, -0.2) is 9.37 Å². The molecule has 116 valence electrons. The van der Waals surface area contributed by atoms with Crippen molar-refractivity contribution in [3.05, 3.63) is 35.5 Å². The van der Waals surface area contributed by atoms with Gasteiger partial charge in [-0.3, -0.25) is 4.79 Å². The minimum atomic E-state index is -0.700. The number of rotatable bonds is 4. The summed E-state index contributed by atoms with van der Waals surface area (Å²) in [6, 6.07) is 6.83. The van der Waals surface area contributed by atoms with Gasteiger partial charge in [0, 0.05) is 17.0 Å². The molecule has 2 N–H and O–H groups in total. The summed E-state index contributed by atoms with van der Waals surface area (Å²) in [6.45, 7) is 0. The number of hydrogen-bond donors (Lipinski definition) is 2. The van der Waals surface area contributed by atoms with Crippen LogP contribution in [0.4, 0.5) is 9.52 Å². The van der Waals surface area contributed by atoms with E-state index in [9.17, 15) is 9.18 Å². The van der Waals surface area contributed by atoms with Crippen molar-refractivity contribution in [2.24, 2.45) is 5.92 Å². The van der Waals surface area contributed by atoms with Gasteiger partial charge in [-0.2, -0.15) is 0 Å². The van der Waals surface area contributed by atoms with Gasteiger partial charge in [-0.1, -0.05) is 12.1 Å². The summed E-state index contributed by atoms with van der Waals surface area (Å²) in [6.07, 6.45) is 3.04. The molecule has 1 saturated carbocycles. The van der Waals surface area contributed by atoms with Crippen molar-refractivity contribution < 1.29 is 14.3 Å². The quantitative estimate of drug-likeness (QED) is 0.893. The second kappa shape index (κ2) is 6.44. The van der Waals surface area contributed by atoms with E-state index in [2.05, 4.69) is 10.3 Å². The van der Waals surface area contributed by atoms with E-state index < -0.39 is 5.97 Å². The summed E-state index contributed by atoms with van der Waals surface area (Å²) in [5.41, 5.74) is 1.13. The number of halogens is 1. The largest absolute Gasteiger partial charge is 0.481 e. The fraction of sp³-hybridized carbons (Fsp3) is 0.375. The van der Waals surface area contributed by atoms with Crippen molar-refractivity contribution in [3.63, 3.8) is 0 Å². The molecule has 2 aromatic rings. The van der Waals surface area contributed by atoms with E-state index in [0.29, 0.717) is 24.1 Å². The zero-order chi connectivity index (χ0) is 15.5. The topological polar surface area (TPSA) is 62.2 Å². The van der Waals surface area contributed by atoms with E-state index in [0.717, 1.165) is 18.0 Å². The van der Waals surface area contributed by atoms with Crippen LogP contribution in [-0.2, 0) is 4.79 Å². The SMILES string of the molecule is O=C(O)C1CCC(Nc2nc(-c3ccccc3F)cs2)CC1. The van der Waals surface area contributed by atoms with Crippen molar-refractivity contribution in [1.82, 2.24) is 4.98 Å². The third-order valence-corrected chi connectivity index (χ3v) is 4.83. The lowest BCUT2D eigenvalue weighted by molar-refractivity contribution is -0.142. The number of nitrogens with one attached hydrogen (secondary N) is 1. The molecule has 1 fully saturated rings. The highest BCUT2D eigenvalue weighted by Crippen LogP contribution is 2.30. The first-order valence-corrected chi connectivity index (χ1v) is 8.21. The molecule has 0 saturated heterocycles. The van der Waals surface area contributed by atoms with Crippen LogP contribution < -0.4 is 5.32 Å². The number of aromatic nitrogens is 1. The molecule has 0 spiro atoms. The van der Waals surface area contributed by atoms with Crippen LogP contribution in [0.25, 0.3) is 11.3 Å². The van der Waals surface area contributed by atoms with E-state index in [1.807, 2.05) is 5.38 Å². The minimum absolute atomic E-state index is 0.219. The van der Waals surface area contributed by atoms with Crippen LogP contribution in [0.15, 0.2) is 29.6 Å². The van der Waals surface area contributed by atoms with Crippen molar-refractivity contribution in [1.29, 1.82) is 0 Å². The standard InChI is InChI=1S/C16H17FN2O2S/c17-13-4-2-1-3-12(13)14-9-22-16(19-14)18-11-7-5-10(6-8-11)15(20)21/h1-4,9-11H,5-8H2,(H,18,19)(H,20,21). The van der Waals surface area contributed by atoms with Gasteiger partial charge >= 0.3 is 5.97 Å². The van der Waals surface area contributed by atoms with Crippen LogP contribution in [0, 0.1) is 11.7 Å². The van der Waals surface area contributed by atoms with Crippen LogP contribution in [0.2, 0.25) is 0 Å². The summed E-state index contributed by atoms with van der Waals surface area (Å²) in [7, 11) is 0. The Labute approximate surface area is 132 Å². The van der Waals surface area contributed by atoms with Crippen molar-refractivity contribution in [2.45, 2.75) is 31.7 Å². The molecule has 1 aliphatic rings. The number of aliphatic carboxylic acids is 1. The summed E-state index contributed by atoms with van der Waals surface area (Å²) in [5, 5.41) is 14.9. The van der Waals surface area contributed by atoms with E-state index in [4.69, 9.17) is 5.11 Å². The number of anilines is 1. The van der Waals surface area contributed by atoms with E-state index >= 15 is 0 Å². The summed E-state index contributed by atoms with van der Waals surface area (Å²) < 4.78 is 13.8. The number of benzene rings is 1.